The van der Waals surface area contributed by atoms with E-state index in [9.17, 15) is 13.6 Å². The lowest BCUT2D eigenvalue weighted by Gasteiger charge is -2.04. The summed E-state index contributed by atoms with van der Waals surface area (Å²) in [6.45, 7) is 1.78. The van der Waals surface area contributed by atoms with Crippen LogP contribution in [0.3, 0.4) is 0 Å². The van der Waals surface area contributed by atoms with Crippen molar-refractivity contribution in [1.82, 2.24) is 0 Å². The maximum Gasteiger partial charge on any atom is 0.311 e. The number of halogens is 2. The fourth-order valence-corrected chi connectivity index (χ4v) is 0.949. The molecule has 0 amide bonds. The van der Waals surface area contributed by atoms with Gasteiger partial charge in [0.15, 0.2) is 11.6 Å². The first-order valence-electron chi connectivity index (χ1n) is 4.30. The van der Waals surface area contributed by atoms with E-state index in [1.807, 2.05) is 0 Å². The predicted molar refractivity (Wildman–Crippen MR) is 46.9 cm³/mol. The molecular formula is C10H10F2O2. The first-order valence-corrected chi connectivity index (χ1v) is 4.30. The average molecular weight is 200 g/mol. The third kappa shape index (κ3) is 2.52. The van der Waals surface area contributed by atoms with Gasteiger partial charge >= 0.3 is 5.97 Å². The minimum Gasteiger partial charge on any atom is -0.420 e. The third-order valence-corrected chi connectivity index (χ3v) is 1.59. The van der Waals surface area contributed by atoms with Crippen LogP contribution in [0.5, 0.6) is 5.75 Å². The van der Waals surface area contributed by atoms with Crippen LogP contribution in [0.25, 0.3) is 0 Å². The number of benzene rings is 1. The second-order valence-electron chi connectivity index (χ2n) is 2.77. The lowest BCUT2D eigenvalue weighted by atomic mass is 10.3. The molecule has 0 heterocycles. The van der Waals surface area contributed by atoms with Crippen LogP contribution in [0.15, 0.2) is 18.2 Å². The minimum atomic E-state index is -0.866. The highest BCUT2D eigenvalue weighted by molar-refractivity contribution is 5.72. The van der Waals surface area contributed by atoms with Gasteiger partial charge in [-0.15, -0.1) is 0 Å². The molecule has 0 bridgehead atoms. The van der Waals surface area contributed by atoms with Gasteiger partial charge in [0.25, 0.3) is 0 Å². The summed E-state index contributed by atoms with van der Waals surface area (Å²) in [5.41, 5.74) is 0. The van der Waals surface area contributed by atoms with E-state index in [4.69, 9.17) is 0 Å². The van der Waals surface area contributed by atoms with E-state index in [1.54, 1.807) is 6.92 Å². The zero-order chi connectivity index (χ0) is 10.6. The monoisotopic (exact) mass is 200 g/mol. The quantitative estimate of drug-likeness (QED) is 0.553. The molecule has 0 atom stereocenters. The lowest BCUT2D eigenvalue weighted by Crippen LogP contribution is -2.09. The SMILES string of the molecule is CCCC(=O)Oc1c(F)cccc1F. The molecule has 0 N–H and O–H groups in total. The molecule has 2 nitrogen and oxygen atoms in total. The van der Waals surface area contributed by atoms with Gasteiger partial charge in [0.2, 0.25) is 5.75 Å². The molecule has 0 spiro atoms. The van der Waals surface area contributed by atoms with Gasteiger partial charge in [0.1, 0.15) is 0 Å². The number of carbonyl (C=O) groups is 1. The predicted octanol–water partition coefficient (Wildman–Crippen LogP) is 2.67. The summed E-state index contributed by atoms with van der Waals surface area (Å²) in [5.74, 6) is -2.98. The topological polar surface area (TPSA) is 26.3 Å². The highest BCUT2D eigenvalue weighted by Crippen LogP contribution is 2.21. The van der Waals surface area contributed by atoms with Gasteiger partial charge in [-0.25, -0.2) is 8.78 Å². The molecule has 76 valence electrons. The maximum atomic E-state index is 12.9. The molecule has 0 aromatic heterocycles. The van der Waals surface area contributed by atoms with E-state index in [2.05, 4.69) is 4.74 Å². The highest BCUT2D eigenvalue weighted by atomic mass is 19.1. The number of rotatable bonds is 3. The molecular weight excluding hydrogens is 190 g/mol. The van der Waals surface area contributed by atoms with Crippen molar-refractivity contribution in [3.8, 4) is 5.75 Å². The average Bonchev–Trinajstić information content (AvgIpc) is 2.12. The summed E-state index contributed by atoms with van der Waals surface area (Å²) >= 11 is 0. The molecule has 1 aromatic rings. The molecule has 0 saturated heterocycles. The van der Waals surface area contributed by atoms with Crippen molar-refractivity contribution in [2.45, 2.75) is 19.8 Å². The van der Waals surface area contributed by atoms with Crippen LogP contribution in [-0.4, -0.2) is 5.97 Å². The van der Waals surface area contributed by atoms with Gasteiger partial charge in [-0.2, -0.15) is 0 Å². The lowest BCUT2D eigenvalue weighted by molar-refractivity contribution is -0.134. The summed E-state index contributed by atoms with van der Waals surface area (Å²) in [5, 5.41) is 0. The minimum absolute atomic E-state index is 0.147. The number of ether oxygens (including phenoxy) is 1. The standard InChI is InChI=1S/C10H10F2O2/c1-2-4-9(13)14-10-7(11)5-3-6-8(10)12/h3,5-6H,2,4H2,1H3. The second-order valence-corrected chi connectivity index (χ2v) is 2.77. The van der Waals surface area contributed by atoms with Gasteiger partial charge in [0.05, 0.1) is 0 Å². The van der Waals surface area contributed by atoms with Crippen LogP contribution in [0, 0.1) is 11.6 Å². The van der Waals surface area contributed by atoms with E-state index < -0.39 is 23.4 Å². The molecule has 0 fully saturated rings. The van der Waals surface area contributed by atoms with Crippen molar-refractivity contribution >= 4 is 5.97 Å². The van der Waals surface area contributed by atoms with Crippen molar-refractivity contribution in [1.29, 1.82) is 0 Å². The largest absolute Gasteiger partial charge is 0.420 e. The van der Waals surface area contributed by atoms with E-state index in [0.717, 1.165) is 12.1 Å². The summed E-state index contributed by atoms with van der Waals surface area (Å²) in [7, 11) is 0. The maximum absolute atomic E-state index is 12.9. The fraction of sp³-hybridized carbons (Fsp3) is 0.300. The molecule has 0 radical (unpaired) electrons. The summed E-state index contributed by atoms with van der Waals surface area (Å²) in [4.78, 5) is 11.0. The van der Waals surface area contributed by atoms with Gasteiger partial charge < -0.3 is 4.74 Å². The third-order valence-electron chi connectivity index (χ3n) is 1.59. The van der Waals surface area contributed by atoms with Gasteiger partial charge in [0, 0.05) is 6.42 Å². The Labute approximate surface area is 80.5 Å². The van der Waals surface area contributed by atoms with Crippen molar-refractivity contribution in [2.24, 2.45) is 0 Å². The Morgan fingerprint density at radius 1 is 1.36 bits per heavy atom. The van der Waals surface area contributed by atoms with Gasteiger partial charge in [-0.05, 0) is 18.6 Å². The van der Waals surface area contributed by atoms with Gasteiger partial charge in [-0.3, -0.25) is 4.79 Å². The van der Waals surface area contributed by atoms with Crippen LogP contribution in [0.4, 0.5) is 8.78 Å². The highest BCUT2D eigenvalue weighted by Gasteiger charge is 2.13. The Morgan fingerprint density at radius 2 is 1.93 bits per heavy atom. The van der Waals surface area contributed by atoms with E-state index >= 15 is 0 Å². The van der Waals surface area contributed by atoms with Crippen molar-refractivity contribution < 1.29 is 18.3 Å². The van der Waals surface area contributed by atoms with Crippen molar-refractivity contribution in [3.05, 3.63) is 29.8 Å². The van der Waals surface area contributed by atoms with Crippen molar-refractivity contribution in [3.63, 3.8) is 0 Å². The molecule has 0 aliphatic rings. The molecule has 1 rings (SSSR count). The first-order chi connectivity index (χ1) is 6.65. The number of para-hydroxylation sites is 1. The number of hydrogen-bond acceptors (Lipinski definition) is 2. The van der Waals surface area contributed by atoms with Gasteiger partial charge in [-0.1, -0.05) is 13.0 Å². The Morgan fingerprint density at radius 3 is 2.43 bits per heavy atom. The number of hydrogen-bond donors (Lipinski definition) is 0. The Kier molecular flexibility index (Phi) is 3.56. The van der Waals surface area contributed by atoms with E-state index in [-0.39, 0.29) is 6.42 Å². The first kappa shape index (κ1) is 10.6. The summed E-state index contributed by atoms with van der Waals surface area (Å²) < 4.78 is 30.4. The van der Waals surface area contributed by atoms with Crippen LogP contribution in [0.1, 0.15) is 19.8 Å². The van der Waals surface area contributed by atoms with Crippen LogP contribution < -0.4 is 4.74 Å². The number of carbonyl (C=O) groups excluding carboxylic acids is 1. The second kappa shape index (κ2) is 4.69. The zero-order valence-corrected chi connectivity index (χ0v) is 7.72. The van der Waals surface area contributed by atoms with E-state index in [0.29, 0.717) is 6.42 Å². The molecule has 0 aliphatic carbocycles. The molecule has 14 heavy (non-hydrogen) atoms. The number of esters is 1. The Balaban J connectivity index is 2.80. The summed E-state index contributed by atoms with van der Waals surface area (Å²) in [6.07, 6.45) is 0.725. The molecule has 0 saturated carbocycles. The van der Waals surface area contributed by atoms with Crippen LogP contribution in [0.2, 0.25) is 0 Å². The smallest absolute Gasteiger partial charge is 0.311 e. The van der Waals surface area contributed by atoms with Crippen LogP contribution in [-0.2, 0) is 4.79 Å². The normalized spacial score (nSPS) is 9.93. The zero-order valence-electron chi connectivity index (χ0n) is 7.72. The fourth-order valence-electron chi connectivity index (χ4n) is 0.949. The Hall–Kier alpha value is -1.45. The summed E-state index contributed by atoms with van der Waals surface area (Å²) in [6, 6.07) is 3.29. The van der Waals surface area contributed by atoms with E-state index in [1.165, 1.54) is 6.07 Å². The molecule has 0 aliphatic heterocycles. The Bertz CT molecular complexity index is 317. The molecule has 1 aromatic carbocycles. The van der Waals surface area contributed by atoms with Crippen molar-refractivity contribution in [2.75, 3.05) is 0 Å². The molecule has 4 heteroatoms. The van der Waals surface area contributed by atoms with Crippen LogP contribution >= 0.6 is 0 Å². The molecule has 0 unspecified atom stereocenters.